The van der Waals surface area contributed by atoms with Crippen LogP contribution in [0.5, 0.6) is 0 Å². The predicted molar refractivity (Wildman–Crippen MR) is 63.7 cm³/mol. The number of nitrogens with two attached hydrogens (primary N) is 1. The van der Waals surface area contributed by atoms with Crippen LogP contribution in [-0.2, 0) is 0 Å². The molecule has 0 saturated carbocycles. The monoisotopic (exact) mass is 282 g/mol. The molecule has 1 aromatic heterocycles. The lowest BCUT2D eigenvalue weighted by Gasteiger charge is -2.17. The highest BCUT2D eigenvalue weighted by Crippen LogP contribution is 2.26. The summed E-state index contributed by atoms with van der Waals surface area (Å²) in [6.07, 6.45) is -5.34. The van der Waals surface area contributed by atoms with Gasteiger partial charge in [-0.3, -0.25) is 4.79 Å². The quantitative estimate of drug-likeness (QED) is 0.883. The number of aromatic nitrogens is 1. The zero-order valence-electron chi connectivity index (χ0n) is 9.84. The van der Waals surface area contributed by atoms with Gasteiger partial charge in [-0.1, -0.05) is 11.3 Å². The summed E-state index contributed by atoms with van der Waals surface area (Å²) in [6.45, 7) is -0.408. The van der Waals surface area contributed by atoms with E-state index in [1.54, 1.807) is 7.05 Å². The third kappa shape index (κ3) is 3.76. The van der Waals surface area contributed by atoms with E-state index in [0.717, 1.165) is 16.2 Å². The Morgan fingerprint density at radius 1 is 1.56 bits per heavy atom. The molecule has 0 spiro atoms. The summed E-state index contributed by atoms with van der Waals surface area (Å²) in [5.74, 6) is -0.538. The van der Waals surface area contributed by atoms with Gasteiger partial charge >= 0.3 is 6.18 Å². The second kappa shape index (κ2) is 5.42. The number of hydrogen-bond donors (Lipinski definition) is 2. The fraction of sp³-hybridized carbons (Fsp3) is 0.556. The zero-order chi connectivity index (χ0) is 13.9. The van der Waals surface area contributed by atoms with Crippen molar-refractivity contribution in [3.8, 4) is 0 Å². The number of carbonyl (C=O) groups is 1. The normalized spacial score (nSPS) is 11.4. The van der Waals surface area contributed by atoms with Crippen molar-refractivity contribution < 1.29 is 18.0 Å². The van der Waals surface area contributed by atoms with Crippen LogP contribution in [0.2, 0.25) is 0 Å². The van der Waals surface area contributed by atoms with Crippen LogP contribution in [0, 0.1) is 0 Å². The van der Waals surface area contributed by atoms with Crippen molar-refractivity contribution in [3.63, 3.8) is 0 Å². The SMILES string of the molecule is CNc1nc(N)c(C(=O)N(C)CCC(F)(F)F)s1. The first-order valence-corrected chi connectivity index (χ1v) is 5.82. The van der Waals surface area contributed by atoms with Crippen LogP contribution in [0.15, 0.2) is 0 Å². The number of rotatable bonds is 4. The topological polar surface area (TPSA) is 71.2 Å². The molecule has 9 heteroatoms. The van der Waals surface area contributed by atoms with Crippen LogP contribution in [-0.4, -0.2) is 42.6 Å². The van der Waals surface area contributed by atoms with Gasteiger partial charge < -0.3 is 16.0 Å². The maximum atomic E-state index is 12.0. The van der Waals surface area contributed by atoms with Gasteiger partial charge in [0.05, 0.1) is 6.42 Å². The summed E-state index contributed by atoms with van der Waals surface area (Å²) in [5, 5.41) is 3.16. The Morgan fingerprint density at radius 3 is 2.61 bits per heavy atom. The second-order valence-corrected chi connectivity index (χ2v) is 4.57. The molecule has 0 fully saturated rings. The summed E-state index contributed by atoms with van der Waals surface area (Å²) in [5.41, 5.74) is 5.53. The van der Waals surface area contributed by atoms with Crippen molar-refractivity contribution in [1.29, 1.82) is 0 Å². The van der Waals surface area contributed by atoms with E-state index in [2.05, 4.69) is 10.3 Å². The number of amides is 1. The van der Waals surface area contributed by atoms with Crippen molar-refractivity contribution in [2.75, 3.05) is 31.7 Å². The third-order valence-corrected chi connectivity index (χ3v) is 3.22. The van der Waals surface area contributed by atoms with E-state index in [9.17, 15) is 18.0 Å². The number of nitrogens with one attached hydrogen (secondary N) is 1. The molecule has 1 heterocycles. The highest BCUT2D eigenvalue weighted by atomic mass is 32.1. The first kappa shape index (κ1) is 14.6. The van der Waals surface area contributed by atoms with E-state index in [4.69, 9.17) is 5.73 Å². The Kier molecular flexibility index (Phi) is 4.38. The van der Waals surface area contributed by atoms with Crippen LogP contribution in [0.3, 0.4) is 0 Å². The molecule has 0 aromatic carbocycles. The van der Waals surface area contributed by atoms with Gasteiger partial charge in [0.2, 0.25) is 0 Å². The lowest BCUT2D eigenvalue weighted by Crippen LogP contribution is -2.30. The molecule has 0 radical (unpaired) electrons. The second-order valence-electron chi connectivity index (χ2n) is 3.58. The van der Waals surface area contributed by atoms with Gasteiger partial charge in [-0.15, -0.1) is 0 Å². The highest BCUT2D eigenvalue weighted by Gasteiger charge is 2.29. The Morgan fingerprint density at radius 2 is 2.17 bits per heavy atom. The van der Waals surface area contributed by atoms with E-state index in [0.29, 0.717) is 5.13 Å². The Labute approximate surface area is 106 Å². The van der Waals surface area contributed by atoms with Crippen LogP contribution in [0.25, 0.3) is 0 Å². The summed E-state index contributed by atoms with van der Waals surface area (Å²) in [4.78, 5) is 16.8. The number of alkyl halides is 3. The number of hydrogen-bond acceptors (Lipinski definition) is 5. The summed E-state index contributed by atoms with van der Waals surface area (Å²) in [6, 6.07) is 0. The molecule has 0 aliphatic rings. The molecule has 102 valence electrons. The molecular weight excluding hydrogens is 269 g/mol. The summed E-state index contributed by atoms with van der Waals surface area (Å²) in [7, 11) is 2.91. The molecule has 0 atom stereocenters. The lowest BCUT2D eigenvalue weighted by molar-refractivity contribution is -0.136. The Balaban J connectivity index is 2.71. The Hall–Kier alpha value is -1.51. The van der Waals surface area contributed by atoms with Gasteiger partial charge in [0.1, 0.15) is 10.7 Å². The number of halogens is 3. The first-order chi connectivity index (χ1) is 8.24. The standard InChI is InChI=1S/C9H13F3N4OS/c1-14-8-15-6(13)5(18-8)7(17)16(2)4-3-9(10,11)12/h3-4,13H2,1-2H3,(H,14,15). The number of anilines is 2. The van der Waals surface area contributed by atoms with E-state index in [1.807, 2.05) is 0 Å². The molecule has 0 bridgehead atoms. The van der Waals surface area contributed by atoms with Crippen LogP contribution in [0.4, 0.5) is 24.1 Å². The van der Waals surface area contributed by atoms with Gasteiger partial charge in [0, 0.05) is 20.6 Å². The van der Waals surface area contributed by atoms with Crippen molar-refractivity contribution in [3.05, 3.63) is 4.88 Å². The van der Waals surface area contributed by atoms with Crippen molar-refractivity contribution in [2.24, 2.45) is 0 Å². The average Bonchev–Trinajstić information content (AvgIpc) is 2.65. The number of nitrogens with zero attached hydrogens (tertiary/aromatic N) is 2. The van der Waals surface area contributed by atoms with E-state index in [1.165, 1.54) is 7.05 Å². The van der Waals surface area contributed by atoms with Crippen molar-refractivity contribution >= 4 is 28.2 Å². The number of carbonyl (C=O) groups excluding carboxylic acids is 1. The van der Waals surface area contributed by atoms with Gasteiger partial charge in [0.25, 0.3) is 5.91 Å². The van der Waals surface area contributed by atoms with Gasteiger partial charge in [-0.2, -0.15) is 13.2 Å². The van der Waals surface area contributed by atoms with E-state index in [-0.39, 0.29) is 10.7 Å². The Bertz CT molecular complexity index is 432. The molecule has 0 aliphatic carbocycles. The van der Waals surface area contributed by atoms with Crippen molar-refractivity contribution in [2.45, 2.75) is 12.6 Å². The molecule has 5 nitrogen and oxygen atoms in total. The van der Waals surface area contributed by atoms with Gasteiger partial charge in [0.15, 0.2) is 5.13 Å². The molecule has 0 unspecified atom stereocenters. The minimum atomic E-state index is -4.29. The first-order valence-electron chi connectivity index (χ1n) is 5.01. The largest absolute Gasteiger partial charge is 0.390 e. The van der Waals surface area contributed by atoms with Crippen molar-refractivity contribution in [1.82, 2.24) is 9.88 Å². The van der Waals surface area contributed by atoms with Gasteiger partial charge in [-0.05, 0) is 0 Å². The molecule has 1 aromatic rings. The average molecular weight is 282 g/mol. The van der Waals surface area contributed by atoms with E-state index < -0.39 is 25.0 Å². The smallest absolute Gasteiger partial charge is 0.382 e. The zero-order valence-corrected chi connectivity index (χ0v) is 10.7. The maximum Gasteiger partial charge on any atom is 0.390 e. The maximum absolute atomic E-state index is 12.0. The molecule has 1 amide bonds. The number of nitrogen functional groups attached to an aromatic ring is 1. The van der Waals surface area contributed by atoms with E-state index >= 15 is 0 Å². The minimum Gasteiger partial charge on any atom is -0.382 e. The molecule has 0 saturated heterocycles. The summed E-state index contributed by atoms with van der Waals surface area (Å²) >= 11 is 1.01. The summed E-state index contributed by atoms with van der Waals surface area (Å²) < 4.78 is 36.1. The van der Waals surface area contributed by atoms with Crippen LogP contribution in [0.1, 0.15) is 16.1 Å². The minimum absolute atomic E-state index is 0.0215. The molecule has 18 heavy (non-hydrogen) atoms. The fourth-order valence-electron chi connectivity index (χ4n) is 1.16. The molecule has 3 N–H and O–H groups in total. The highest BCUT2D eigenvalue weighted by molar-refractivity contribution is 7.18. The fourth-order valence-corrected chi connectivity index (χ4v) is 1.99. The van der Waals surface area contributed by atoms with Crippen LogP contribution >= 0.6 is 11.3 Å². The molecule has 0 aliphatic heterocycles. The molecule has 1 rings (SSSR count). The number of thiazole rings is 1. The predicted octanol–water partition coefficient (Wildman–Crippen LogP) is 1.79. The lowest BCUT2D eigenvalue weighted by atomic mass is 10.3. The third-order valence-electron chi connectivity index (χ3n) is 2.14. The van der Waals surface area contributed by atoms with Crippen LogP contribution < -0.4 is 11.1 Å². The molecular formula is C9H13F3N4OS. The van der Waals surface area contributed by atoms with Gasteiger partial charge in [-0.25, -0.2) is 4.98 Å².